The van der Waals surface area contributed by atoms with Gasteiger partial charge in [-0.05, 0) is 57.9 Å². The molecule has 0 bridgehead atoms. The van der Waals surface area contributed by atoms with Crippen molar-refractivity contribution >= 4 is 59.6 Å². The number of rotatable bonds is 0. The molecular weight excluding hydrogens is 361 g/mol. The van der Waals surface area contributed by atoms with Crippen molar-refractivity contribution in [3.8, 4) is 20.9 Å². The van der Waals surface area contributed by atoms with Gasteiger partial charge in [-0.15, -0.1) is 22.7 Å². The molecule has 0 amide bonds. The van der Waals surface area contributed by atoms with Crippen molar-refractivity contribution in [3.63, 3.8) is 0 Å². The first-order valence-electron chi connectivity index (χ1n) is 8.63. The highest BCUT2D eigenvalue weighted by molar-refractivity contribution is 7.22. The topological polar surface area (TPSA) is 0 Å². The summed E-state index contributed by atoms with van der Waals surface area (Å²) in [6, 6.07) is 10.2. The number of hydrogen-bond donors (Lipinski definition) is 0. The van der Waals surface area contributed by atoms with Crippen LogP contribution in [0.5, 0.6) is 0 Å². The van der Waals surface area contributed by atoms with Crippen LogP contribution in [0.25, 0.3) is 20.9 Å². The monoisotopic (exact) mass is 382 g/mol. The molecule has 24 heavy (non-hydrogen) atoms. The zero-order valence-corrected chi connectivity index (χ0v) is 18.8. The fourth-order valence-electron chi connectivity index (χ4n) is 4.66. The summed E-state index contributed by atoms with van der Waals surface area (Å²) in [6.45, 7) is 14.7. The highest BCUT2D eigenvalue weighted by Crippen LogP contribution is 2.39. The third kappa shape index (κ3) is 1.68. The SMILES string of the molecule is Cc1cc2c(s1)-c1cc3c(cc1[Si]2(C)C)-c1sc(C)cc1[Si]3(C)C. The summed E-state index contributed by atoms with van der Waals surface area (Å²) < 4.78 is 0. The van der Waals surface area contributed by atoms with Gasteiger partial charge in [0, 0.05) is 19.5 Å². The molecule has 0 radical (unpaired) electrons. The van der Waals surface area contributed by atoms with E-state index in [1.807, 2.05) is 22.7 Å². The molecule has 0 nitrogen and oxygen atoms in total. The summed E-state index contributed by atoms with van der Waals surface area (Å²) in [6.07, 6.45) is 0. The summed E-state index contributed by atoms with van der Waals surface area (Å²) in [7, 11) is -3.07. The van der Waals surface area contributed by atoms with Crippen LogP contribution in [-0.2, 0) is 0 Å². The van der Waals surface area contributed by atoms with Gasteiger partial charge in [-0.1, -0.05) is 38.3 Å². The fourth-order valence-corrected chi connectivity index (χ4v) is 14.7. The van der Waals surface area contributed by atoms with E-state index < -0.39 is 16.1 Å². The van der Waals surface area contributed by atoms with E-state index in [1.54, 1.807) is 41.6 Å². The Labute approximate surface area is 154 Å². The van der Waals surface area contributed by atoms with Crippen LogP contribution in [0.4, 0.5) is 0 Å². The van der Waals surface area contributed by atoms with Crippen LogP contribution in [-0.4, -0.2) is 16.1 Å². The Hall–Kier alpha value is -0.946. The maximum atomic E-state index is 2.61. The van der Waals surface area contributed by atoms with E-state index in [9.17, 15) is 0 Å². The van der Waals surface area contributed by atoms with Gasteiger partial charge < -0.3 is 0 Å². The van der Waals surface area contributed by atoms with E-state index in [2.05, 4.69) is 64.3 Å². The van der Waals surface area contributed by atoms with Crippen molar-refractivity contribution in [1.82, 2.24) is 0 Å². The van der Waals surface area contributed by atoms with Crippen molar-refractivity contribution < 1.29 is 0 Å². The molecule has 4 heterocycles. The Balaban J connectivity index is 1.86. The summed E-state index contributed by atoms with van der Waals surface area (Å²) in [5.41, 5.74) is 3.15. The van der Waals surface area contributed by atoms with Crippen LogP contribution in [0.1, 0.15) is 9.75 Å². The minimum Gasteiger partial charge on any atom is -0.141 e. The molecule has 3 aromatic rings. The van der Waals surface area contributed by atoms with Crippen LogP contribution >= 0.6 is 22.7 Å². The molecule has 1 aromatic carbocycles. The van der Waals surface area contributed by atoms with Gasteiger partial charge in [-0.25, -0.2) is 0 Å². The van der Waals surface area contributed by atoms with Crippen LogP contribution in [0.3, 0.4) is 0 Å². The number of benzene rings is 1. The van der Waals surface area contributed by atoms with E-state index in [1.165, 1.54) is 9.75 Å². The Morgan fingerprint density at radius 1 is 0.583 bits per heavy atom. The second kappa shape index (κ2) is 4.42. The smallest absolute Gasteiger partial charge is 0.115 e. The molecular formula is C20H22S2Si2. The molecule has 0 saturated heterocycles. The summed E-state index contributed by atoms with van der Waals surface area (Å²) in [5, 5.41) is 6.69. The maximum Gasteiger partial charge on any atom is 0.115 e. The molecule has 2 aliphatic rings. The summed E-state index contributed by atoms with van der Waals surface area (Å²) in [5.74, 6) is 0. The van der Waals surface area contributed by atoms with Gasteiger partial charge >= 0.3 is 0 Å². The minimum atomic E-state index is -1.53. The second-order valence-corrected chi connectivity index (χ2v) is 19.6. The highest BCUT2D eigenvalue weighted by Gasteiger charge is 2.44. The van der Waals surface area contributed by atoms with E-state index >= 15 is 0 Å². The van der Waals surface area contributed by atoms with Crippen LogP contribution in [0.2, 0.25) is 26.2 Å². The summed E-state index contributed by atoms with van der Waals surface area (Å²) in [4.78, 5) is 6.10. The zero-order valence-electron chi connectivity index (χ0n) is 15.1. The fraction of sp³-hybridized carbons (Fsp3) is 0.300. The third-order valence-corrected chi connectivity index (χ3v) is 15.6. The van der Waals surface area contributed by atoms with Crippen molar-refractivity contribution in [2.45, 2.75) is 40.0 Å². The molecule has 2 aromatic heterocycles. The van der Waals surface area contributed by atoms with Gasteiger partial charge in [-0.3, -0.25) is 0 Å². The first kappa shape index (κ1) is 15.3. The van der Waals surface area contributed by atoms with Crippen LogP contribution in [0.15, 0.2) is 24.3 Å². The average molecular weight is 383 g/mol. The maximum absolute atomic E-state index is 2.61. The van der Waals surface area contributed by atoms with Crippen molar-refractivity contribution in [1.29, 1.82) is 0 Å². The lowest BCUT2D eigenvalue weighted by molar-refractivity contribution is 1.65. The second-order valence-electron chi connectivity index (χ2n) is 8.39. The summed E-state index contributed by atoms with van der Waals surface area (Å²) >= 11 is 4.02. The molecule has 0 fully saturated rings. The van der Waals surface area contributed by atoms with Gasteiger partial charge in [0.1, 0.15) is 16.1 Å². The van der Waals surface area contributed by atoms with Crippen LogP contribution in [0, 0.1) is 13.8 Å². The van der Waals surface area contributed by atoms with Gasteiger partial charge in [0.2, 0.25) is 0 Å². The van der Waals surface area contributed by atoms with Crippen LogP contribution < -0.4 is 20.7 Å². The molecule has 4 heteroatoms. The van der Waals surface area contributed by atoms with Crippen molar-refractivity contribution in [3.05, 3.63) is 34.0 Å². The van der Waals surface area contributed by atoms with E-state index in [-0.39, 0.29) is 0 Å². The van der Waals surface area contributed by atoms with Crippen molar-refractivity contribution in [2.24, 2.45) is 0 Å². The molecule has 0 atom stereocenters. The lowest BCUT2D eigenvalue weighted by Crippen LogP contribution is -2.51. The number of fused-ring (bicyclic) bond motifs is 6. The lowest BCUT2D eigenvalue weighted by Gasteiger charge is -2.22. The first-order chi connectivity index (χ1) is 11.2. The zero-order chi connectivity index (χ0) is 17.0. The Kier molecular flexibility index (Phi) is 2.82. The number of hydrogen-bond acceptors (Lipinski definition) is 2. The molecule has 0 spiro atoms. The Morgan fingerprint density at radius 3 is 1.33 bits per heavy atom. The Bertz CT molecular complexity index is 950. The van der Waals surface area contributed by atoms with E-state index in [4.69, 9.17) is 0 Å². The van der Waals surface area contributed by atoms with Gasteiger partial charge in [0.05, 0.1) is 0 Å². The minimum absolute atomic E-state index is 1.47. The molecule has 0 N–H and O–H groups in total. The highest BCUT2D eigenvalue weighted by atomic mass is 32.1. The molecule has 0 saturated carbocycles. The normalized spacial score (nSPS) is 18.2. The van der Waals surface area contributed by atoms with Gasteiger partial charge in [-0.2, -0.15) is 0 Å². The number of thiophene rings is 2. The van der Waals surface area contributed by atoms with E-state index in [0.29, 0.717) is 0 Å². The largest absolute Gasteiger partial charge is 0.141 e. The standard InChI is InChI=1S/C20H22S2Si2/c1-11-7-17-19(21-11)13-9-16-14(10-15(13)23(17,3)4)20-18(24(16,5)6)8-12(2)22-20/h7-10H,1-6H3. The first-order valence-corrected chi connectivity index (χ1v) is 16.3. The van der Waals surface area contributed by atoms with Gasteiger partial charge in [0.15, 0.2) is 0 Å². The molecule has 122 valence electrons. The quantitative estimate of drug-likeness (QED) is 0.515. The third-order valence-electron chi connectivity index (χ3n) is 6.05. The average Bonchev–Trinajstić information content (AvgIpc) is 3.17. The predicted octanol–water partition coefficient (Wildman–Crippen LogP) is 4.03. The van der Waals surface area contributed by atoms with Gasteiger partial charge in [0.25, 0.3) is 0 Å². The molecule has 2 aliphatic heterocycles. The molecule has 0 unspecified atom stereocenters. The molecule has 5 rings (SSSR count). The molecule has 0 aliphatic carbocycles. The number of aryl methyl sites for hydroxylation is 2. The van der Waals surface area contributed by atoms with Crippen molar-refractivity contribution in [2.75, 3.05) is 0 Å². The lowest BCUT2D eigenvalue weighted by atomic mass is 10.1. The predicted molar refractivity (Wildman–Crippen MR) is 116 cm³/mol. The Morgan fingerprint density at radius 2 is 0.958 bits per heavy atom. The van der Waals surface area contributed by atoms with E-state index in [0.717, 1.165) is 0 Å².